The van der Waals surface area contributed by atoms with E-state index in [-0.39, 0.29) is 23.6 Å². The van der Waals surface area contributed by atoms with Crippen molar-refractivity contribution in [2.45, 2.75) is 33.1 Å². The van der Waals surface area contributed by atoms with E-state index in [1.807, 2.05) is 11.8 Å². The number of hydrogen-bond donors (Lipinski definition) is 2. The highest BCUT2D eigenvalue weighted by atomic mass is 16.2. The van der Waals surface area contributed by atoms with Gasteiger partial charge in [0.25, 0.3) is 11.8 Å². The van der Waals surface area contributed by atoms with Gasteiger partial charge in [-0.1, -0.05) is 19.1 Å². The van der Waals surface area contributed by atoms with E-state index in [0.29, 0.717) is 28.4 Å². The van der Waals surface area contributed by atoms with Gasteiger partial charge in [0.1, 0.15) is 0 Å². The molecule has 2 unspecified atom stereocenters. The van der Waals surface area contributed by atoms with Crippen molar-refractivity contribution < 1.29 is 14.4 Å². The summed E-state index contributed by atoms with van der Waals surface area (Å²) in [4.78, 5) is 39.6. The average molecular weight is 405 g/mol. The molecule has 4 rings (SSSR count). The molecule has 0 aromatic heterocycles. The Kier molecular flexibility index (Phi) is 5.57. The molecule has 2 aliphatic rings. The van der Waals surface area contributed by atoms with E-state index in [9.17, 15) is 14.4 Å². The molecule has 1 aliphatic carbocycles. The number of nitrogens with one attached hydrogen (secondary N) is 2. The van der Waals surface area contributed by atoms with E-state index in [1.165, 1.54) is 0 Å². The van der Waals surface area contributed by atoms with Gasteiger partial charge in [0.05, 0.1) is 0 Å². The zero-order valence-electron chi connectivity index (χ0n) is 17.4. The van der Waals surface area contributed by atoms with E-state index in [4.69, 9.17) is 0 Å². The van der Waals surface area contributed by atoms with Crippen LogP contribution in [0, 0.1) is 18.8 Å². The molecule has 1 saturated carbocycles. The Labute approximate surface area is 176 Å². The van der Waals surface area contributed by atoms with Crippen molar-refractivity contribution in [2.24, 2.45) is 11.8 Å². The lowest BCUT2D eigenvalue weighted by Crippen LogP contribution is -2.28. The van der Waals surface area contributed by atoms with Gasteiger partial charge < -0.3 is 15.5 Å². The van der Waals surface area contributed by atoms with Crippen molar-refractivity contribution in [1.82, 2.24) is 4.90 Å². The van der Waals surface area contributed by atoms with Gasteiger partial charge >= 0.3 is 0 Å². The highest BCUT2D eigenvalue weighted by Crippen LogP contribution is 2.38. The van der Waals surface area contributed by atoms with Gasteiger partial charge in [-0.05, 0) is 68.0 Å². The molecule has 3 amide bonds. The molecule has 0 radical (unpaired) electrons. The third kappa shape index (κ3) is 4.22. The van der Waals surface area contributed by atoms with Crippen LogP contribution < -0.4 is 10.6 Å². The molecule has 30 heavy (non-hydrogen) atoms. The minimum atomic E-state index is -0.278. The summed E-state index contributed by atoms with van der Waals surface area (Å²) in [6.45, 7) is 5.48. The molecule has 2 fully saturated rings. The predicted octanol–water partition coefficient (Wildman–Crippen LogP) is 4.08. The maximum atomic E-state index is 12.8. The third-order valence-electron chi connectivity index (χ3n) is 6.04. The SMILES string of the molecule is Cc1c(NC(=O)c2cccc(NC(=O)C3CC3C)c2)cccc1C(=O)N1CCCC1. The standard InChI is InChI=1S/C24H27N3O3/c1-15-13-20(15)23(29)25-18-8-5-7-17(14-18)22(28)26-21-10-6-9-19(16(21)2)24(30)27-11-3-4-12-27/h5-10,14-15,20H,3-4,11-13H2,1-2H3,(H,25,29)(H,26,28). The number of hydrogen-bond acceptors (Lipinski definition) is 3. The molecule has 2 atom stereocenters. The summed E-state index contributed by atoms with van der Waals surface area (Å²) in [5, 5.41) is 5.80. The van der Waals surface area contributed by atoms with Gasteiger partial charge in [0.2, 0.25) is 5.91 Å². The molecule has 0 bridgehead atoms. The normalized spacial score (nSPS) is 20.0. The number of likely N-dealkylation sites (tertiary alicyclic amines) is 1. The van der Waals surface area contributed by atoms with Crippen LogP contribution in [0.1, 0.15) is 52.5 Å². The summed E-state index contributed by atoms with van der Waals surface area (Å²) in [5.74, 6) is 0.236. The van der Waals surface area contributed by atoms with Crippen molar-refractivity contribution in [2.75, 3.05) is 23.7 Å². The Hall–Kier alpha value is -3.15. The lowest BCUT2D eigenvalue weighted by atomic mass is 10.0. The minimum Gasteiger partial charge on any atom is -0.339 e. The molecule has 6 nitrogen and oxygen atoms in total. The first-order valence-corrected chi connectivity index (χ1v) is 10.5. The second kappa shape index (κ2) is 8.30. The Morgan fingerprint density at radius 1 is 1.00 bits per heavy atom. The first-order valence-electron chi connectivity index (χ1n) is 10.5. The van der Waals surface area contributed by atoms with Crippen molar-refractivity contribution in [3.63, 3.8) is 0 Å². The number of carbonyl (C=O) groups is 3. The number of rotatable bonds is 5. The van der Waals surface area contributed by atoms with E-state index in [1.54, 1.807) is 42.5 Å². The monoisotopic (exact) mass is 405 g/mol. The third-order valence-corrected chi connectivity index (χ3v) is 6.04. The fraction of sp³-hybridized carbons (Fsp3) is 0.375. The smallest absolute Gasteiger partial charge is 0.255 e. The van der Waals surface area contributed by atoms with Gasteiger partial charge in [0, 0.05) is 41.5 Å². The summed E-state index contributed by atoms with van der Waals surface area (Å²) in [7, 11) is 0. The Morgan fingerprint density at radius 2 is 1.70 bits per heavy atom. The van der Waals surface area contributed by atoms with Gasteiger partial charge in [-0.25, -0.2) is 0 Å². The minimum absolute atomic E-state index is 0.00373. The van der Waals surface area contributed by atoms with Crippen LogP contribution in [0.2, 0.25) is 0 Å². The lowest BCUT2D eigenvalue weighted by Gasteiger charge is -2.18. The second-order valence-corrected chi connectivity index (χ2v) is 8.32. The van der Waals surface area contributed by atoms with Crippen LogP contribution in [-0.2, 0) is 4.79 Å². The van der Waals surface area contributed by atoms with E-state index >= 15 is 0 Å². The van der Waals surface area contributed by atoms with Crippen molar-refractivity contribution in [1.29, 1.82) is 0 Å². The van der Waals surface area contributed by atoms with Crippen molar-refractivity contribution in [3.05, 3.63) is 59.2 Å². The molecule has 2 N–H and O–H groups in total. The predicted molar refractivity (Wildman–Crippen MR) is 117 cm³/mol. The van der Waals surface area contributed by atoms with Crippen LogP contribution in [0.25, 0.3) is 0 Å². The van der Waals surface area contributed by atoms with Crippen molar-refractivity contribution in [3.8, 4) is 0 Å². The maximum absolute atomic E-state index is 12.8. The zero-order valence-corrected chi connectivity index (χ0v) is 17.4. The molecule has 1 aliphatic heterocycles. The molecule has 156 valence electrons. The van der Waals surface area contributed by atoms with Crippen LogP contribution in [0.5, 0.6) is 0 Å². The van der Waals surface area contributed by atoms with Gasteiger partial charge in [0.15, 0.2) is 0 Å². The second-order valence-electron chi connectivity index (χ2n) is 8.32. The van der Waals surface area contributed by atoms with Gasteiger partial charge in [-0.2, -0.15) is 0 Å². The first kappa shape index (κ1) is 20.1. The summed E-state index contributed by atoms with van der Waals surface area (Å²) < 4.78 is 0. The summed E-state index contributed by atoms with van der Waals surface area (Å²) in [6, 6.07) is 12.3. The Bertz CT molecular complexity index is 995. The molecule has 0 spiro atoms. The van der Waals surface area contributed by atoms with Crippen LogP contribution in [0.15, 0.2) is 42.5 Å². The van der Waals surface area contributed by atoms with Crippen LogP contribution in [-0.4, -0.2) is 35.7 Å². The average Bonchev–Trinajstić information content (AvgIpc) is 3.23. The molecular weight excluding hydrogens is 378 g/mol. The quantitative estimate of drug-likeness (QED) is 0.787. The number of anilines is 2. The van der Waals surface area contributed by atoms with Crippen LogP contribution in [0.4, 0.5) is 11.4 Å². The number of benzene rings is 2. The van der Waals surface area contributed by atoms with E-state index in [2.05, 4.69) is 17.6 Å². The first-order chi connectivity index (χ1) is 14.4. The van der Waals surface area contributed by atoms with Gasteiger partial charge in [-0.15, -0.1) is 0 Å². The molecule has 6 heteroatoms. The fourth-order valence-electron chi connectivity index (χ4n) is 3.95. The fourth-order valence-corrected chi connectivity index (χ4v) is 3.95. The number of amides is 3. The Balaban J connectivity index is 1.47. The van der Waals surface area contributed by atoms with E-state index < -0.39 is 0 Å². The molecular formula is C24H27N3O3. The molecule has 2 aromatic rings. The van der Waals surface area contributed by atoms with Crippen LogP contribution in [0.3, 0.4) is 0 Å². The molecule has 2 aromatic carbocycles. The largest absolute Gasteiger partial charge is 0.339 e. The summed E-state index contributed by atoms with van der Waals surface area (Å²) in [5.41, 5.74) is 3.06. The van der Waals surface area contributed by atoms with Crippen LogP contribution >= 0.6 is 0 Å². The molecule has 1 heterocycles. The number of nitrogens with zero attached hydrogens (tertiary/aromatic N) is 1. The van der Waals surface area contributed by atoms with E-state index in [0.717, 1.165) is 37.9 Å². The Morgan fingerprint density at radius 3 is 2.40 bits per heavy atom. The highest BCUT2D eigenvalue weighted by molar-refractivity contribution is 6.07. The number of carbonyl (C=O) groups excluding carboxylic acids is 3. The lowest BCUT2D eigenvalue weighted by molar-refractivity contribution is -0.117. The topological polar surface area (TPSA) is 78.5 Å². The maximum Gasteiger partial charge on any atom is 0.255 e. The van der Waals surface area contributed by atoms with Gasteiger partial charge in [-0.3, -0.25) is 14.4 Å². The molecule has 1 saturated heterocycles. The zero-order chi connectivity index (χ0) is 21.3. The summed E-state index contributed by atoms with van der Waals surface area (Å²) in [6.07, 6.45) is 2.99. The summed E-state index contributed by atoms with van der Waals surface area (Å²) >= 11 is 0. The van der Waals surface area contributed by atoms with Crippen molar-refractivity contribution >= 4 is 29.1 Å². The highest BCUT2D eigenvalue weighted by Gasteiger charge is 2.39.